The van der Waals surface area contributed by atoms with E-state index in [-0.39, 0.29) is 6.54 Å². The van der Waals surface area contributed by atoms with Gasteiger partial charge in [-0.1, -0.05) is 48.0 Å². The molecule has 0 aliphatic heterocycles. The number of hydrazone groups is 1. The van der Waals surface area contributed by atoms with Gasteiger partial charge in [0.05, 0.1) is 17.7 Å². The van der Waals surface area contributed by atoms with E-state index in [1.807, 2.05) is 56.3 Å². The lowest BCUT2D eigenvalue weighted by Gasteiger charge is -2.23. The average molecular weight is 373 g/mol. The predicted octanol–water partition coefficient (Wildman–Crippen LogP) is 2.61. The van der Waals surface area contributed by atoms with Crippen molar-refractivity contribution in [2.24, 2.45) is 5.10 Å². The molecule has 2 aromatic rings. The predicted molar refractivity (Wildman–Crippen MR) is 105 cm³/mol. The molecule has 0 heterocycles. The molecule has 26 heavy (non-hydrogen) atoms. The van der Waals surface area contributed by atoms with Crippen LogP contribution in [0, 0.1) is 13.8 Å². The van der Waals surface area contributed by atoms with Crippen molar-refractivity contribution in [1.29, 1.82) is 0 Å². The average Bonchev–Trinajstić information content (AvgIpc) is 2.58. The SMILES string of the molecule is C/C(=N/NC(=O)CN(c1ccc(C)cc1C)S(C)(=O)=O)c1ccccc1. The topological polar surface area (TPSA) is 78.8 Å². The maximum absolute atomic E-state index is 12.3. The van der Waals surface area contributed by atoms with Gasteiger partial charge in [-0.25, -0.2) is 13.8 Å². The molecule has 0 saturated carbocycles. The summed E-state index contributed by atoms with van der Waals surface area (Å²) in [5, 5.41) is 4.06. The summed E-state index contributed by atoms with van der Waals surface area (Å²) in [4.78, 5) is 12.3. The highest BCUT2D eigenvalue weighted by molar-refractivity contribution is 7.92. The van der Waals surface area contributed by atoms with Gasteiger partial charge >= 0.3 is 0 Å². The van der Waals surface area contributed by atoms with Crippen LogP contribution in [0.1, 0.15) is 23.6 Å². The number of carbonyl (C=O) groups excluding carboxylic acids is 1. The summed E-state index contributed by atoms with van der Waals surface area (Å²) < 4.78 is 25.4. The van der Waals surface area contributed by atoms with Gasteiger partial charge < -0.3 is 0 Å². The van der Waals surface area contributed by atoms with Crippen molar-refractivity contribution in [2.75, 3.05) is 17.1 Å². The zero-order chi connectivity index (χ0) is 19.3. The number of anilines is 1. The van der Waals surface area contributed by atoms with E-state index in [0.717, 1.165) is 27.3 Å². The van der Waals surface area contributed by atoms with E-state index in [4.69, 9.17) is 0 Å². The van der Waals surface area contributed by atoms with Crippen molar-refractivity contribution >= 4 is 27.3 Å². The Labute approximate surface area is 154 Å². The molecule has 2 aromatic carbocycles. The first-order valence-electron chi connectivity index (χ1n) is 8.12. The van der Waals surface area contributed by atoms with Crippen LogP contribution >= 0.6 is 0 Å². The Kier molecular flexibility index (Phi) is 6.15. The van der Waals surface area contributed by atoms with Gasteiger partial charge in [0.1, 0.15) is 6.54 Å². The lowest BCUT2D eigenvalue weighted by atomic mass is 10.1. The Balaban J connectivity index is 2.17. The number of hydrogen-bond donors (Lipinski definition) is 1. The van der Waals surface area contributed by atoms with Gasteiger partial charge in [-0.15, -0.1) is 0 Å². The molecule has 0 radical (unpaired) electrons. The molecule has 7 heteroatoms. The minimum atomic E-state index is -3.62. The van der Waals surface area contributed by atoms with Crippen LogP contribution in [-0.2, 0) is 14.8 Å². The molecule has 0 fully saturated rings. The van der Waals surface area contributed by atoms with Gasteiger partial charge in [-0.3, -0.25) is 9.10 Å². The Bertz CT molecular complexity index is 922. The molecule has 0 atom stereocenters. The first-order chi connectivity index (χ1) is 12.2. The maximum Gasteiger partial charge on any atom is 0.260 e. The number of nitrogens with one attached hydrogen (secondary N) is 1. The molecule has 1 amide bonds. The van der Waals surface area contributed by atoms with E-state index in [1.54, 1.807) is 13.0 Å². The summed E-state index contributed by atoms with van der Waals surface area (Å²) in [6.07, 6.45) is 1.08. The summed E-state index contributed by atoms with van der Waals surface area (Å²) in [5.74, 6) is -0.509. The van der Waals surface area contributed by atoms with Crippen molar-refractivity contribution in [1.82, 2.24) is 5.43 Å². The summed E-state index contributed by atoms with van der Waals surface area (Å²) >= 11 is 0. The zero-order valence-corrected chi connectivity index (χ0v) is 16.2. The van der Waals surface area contributed by atoms with Crippen LogP contribution in [0.15, 0.2) is 53.6 Å². The summed E-state index contributed by atoms with van der Waals surface area (Å²) in [7, 11) is -3.62. The van der Waals surface area contributed by atoms with Crippen LogP contribution in [0.5, 0.6) is 0 Å². The molecule has 6 nitrogen and oxygen atoms in total. The fourth-order valence-electron chi connectivity index (χ4n) is 2.52. The van der Waals surface area contributed by atoms with Crippen molar-refractivity contribution in [3.63, 3.8) is 0 Å². The van der Waals surface area contributed by atoms with E-state index in [9.17, 15) is 13.2 Å². The van der Waals surface area contributed by atoms with Crippen molar-refractivity contribution in [3.05, 3.63) is 65.2 Å². The van der Waals surface area contributed by atoms with Crippen molar-refractivity contribution in [3.8, 4) is 0 Å². The molecule has 0 spiro atoms. The third-order valence-corrected chi connectivity index (χ3v) is 4.97. The quantitative estimate of drug-likeness (QED) is 0.624. The van der Waals surface area contributed by atoms with E-state index in [1.165, 1.54) is 0 Å². The number of carbonyl (C=O) groups is 1. The molecule has 0 aliphatic rings. The Morgan fingerprint density at radius 2 is 1.77 bits per heavy atom. The van der Waals surface area contributed by atoms with Crippen LogP contribution in [0.2, 0.25) is 0 Å². The number of hydrogen-bond acceptors (Lipinski definition) is 4. The lowest BCUT2D eigenvalue weighted by Crippen LogP contribution is -2.39. The minimum Gasteiger partial charge on any atom is -0.271 e. The van der Waals surface area contributed by atoms with Gasteiger partial charge in [0.15, 0.2) is 0 Å². The molecular weight excluding hydrogens is 350 g/mol. The molecule has 0 saturated heterocycles. The fraction of sp³-hybridized carbons (Fsp3) is 0.263. The molecule has 0 aliphatic carbocycles. The Morgan fingerprint density at radius 3 is 2.35 bits per heavy atom. The lowest BCUT2D eigenvalue weighted by molar-refractivity contribution is -0.119. The number of nitrogens with zero attached hydrogens (tertiary/aromatic N) is 2. The monoisotopic (exact) mass is 373 g/mol. The van der Waals surface area contributed by atoms with Crippen LogP contribution < -0.4 is 9.73 Å². The largest absolute Gasteiger partial charge is 0.271 e. The highest BCUT2D eigenvalue weighted by Crippen LogP contribution is 2.23. The number of benzene rings is 2. The highest BCUT2D eigenvalue weighted by Gasteiger charge is 2.22. The number of amides is 1. The molecule has 0 aromatic heterocycles. The van der Waals surface area contributed by atoms with Gasteiger partial charge in [0.25, 0.3) is 5.91 Å². The van der Waals surface area contributed by atoms with E-state index >= 15 is 0 Å². The Hall–Kier alpha value is -2.67. The van der Waals surface area contributed by atoms with E-state index < -0.39 is 15.9 Å². The zero-order valence-electron chi connectivity index (χ0n) is 15.4. The second kappa shape index (κ2) is 8.14. The van der Waals surface area contributed by atoms with Crippen molar-refractivity contribution < 1.29 is 13.2 Å². The van der Waals surface area contributed by atoms with Gasteiger partial charge in [-0.05, 0) is 38.0 Å². The van der Waals surface area contributed by atoms with Gasteiger partial charge in [0, 0.05) is 0 Å². The maximum atomic E-state index is 12.3. The Morgan fingerprint density at radius 1 is 1.12 bits per heavy atom. The molecular formula is C19H23N3O3S. The molecule has 1 N–H and O–H groups in total. The van der Waals surface area contributed by atoms with Gasteiger partial charge in [-0.2, -0.15) is 5.10 Å². The fourth-order valence-corrected chi connectivity index (χ4v) is 3.44. The van der Waals surface area contributed by atoms with Crippen LogP contribution in [0.4, 0.5) is 5.69 Å². The highest BCUT2D eigenvalue weighted by atomic mass is 32.2. The molecule has 138 valence electrons. The van der Waals surface area contributed by atoms with Crippen LogP contribution in [0.3, 0.4) is 0 Å². The van der Waals surface area contributed by atoms with Crippen molar-refractivity contribution in [2.45, 2.75) is 20.8 Å². The second-order valence-corrected chi connectivity index (χ2v) is 8.06. The van der Waals surface area contributed by atoms with E-state index in [0.29, 0.717) is 11.4 Å². The summed E-state index contributed by atoms with van der Waals surface area (Å²) in [6.45, 7) is 5.17. The molecule has 0 bridgehead atoms. The summed E-state index contributed by atoms with van der Waals surface area (Å²) in [6, 6.07) is 14.8. The second-order valence-electron chi connectivity index (χ2n) is 6.16. The standard InChI is InChI=1S/C19H23N3O3S/c1-14-10-11-18(15(2)12-14)22(26(4,24)25)13-19(23)21-20-16(3)17-8-6-5-7-9-17/h5-12H,13H2,1-4H3,(H,21,23)/b20-16-. The number of aryl methyl sites for hydroxylation is 2. The van der Waals surface area contributed by atoms with Gasteiger partial charge in [0.2, 0.25) is 10.0 Å². The van der Waals surface area contributed by atoms with E-state index in [2.05, 4.69) is 10.5 Å². The molecule has 0 unspecified atom stereocenters. The third kappa shape index (κ3) is 5.16. The first-order valence-corrected chi connectivity index (χ1v) is 9.97. The summed E-state index contributed by atoms with van der Waals surface area (Å²) in [5.41, 5.74) is 6.23. The van der Waals surface area contributed by atoms with Crippen LogP contribution in [0.25, 0.3) is 0 Å². The number of sulfonamides is 1. The van der Waals surface area contributed by atoms with Crippen LogP contribution in [-0.4, -0.2) is 32.8 Å². The number of rotatable bonds is 6. The smallest absolute Gasteiger partial charge is 0.260 e. The third-order valence-electron chi connectivity index (χ3n) is 3.85. The first kappa shape index (κ1) is 19.7. The molecule has 2 rings (SSSR count). The normalized spacial score (nSPS) is 11.9. The minimum absolute atomic E-state index is 0.339.